The molecule has 1 aliphatic heterocycles. The number of rotatable bonds is 2. The third-order valence-electron chi connectivity index (χ3n) is 4.33. The van der Waals surface area contributed by atoms with Gasteiger partial charge in [0.1, 0.15) is 0 Å². The summed E-state index contributed by atoms with van der Waals surface area (Å²) >= 11 is 3.67. The van der Waals surface area contributed by atoms with E-state index in [2.05, 4.69) is 76.7 Å². The minimum absolute atomic E-state index is 0.569. The van der Waals surface area contributed by atoms with Gasteiger partial charge in [0, 0.05) is 16.9 Å². The molecule has 1 saturated heterocycles. The normalized spacial score (nSPS) is 22.7. The van der Waals surface area contributed by atoms with Crippen molar-refractivity contribution >= 4 is 15.9 Å². The summed E-state index contributed by atoms with van der Waals surface area (Å²) in [6, 6.07) is 17.7. The van der Waals surface area contributed by atoms with Crippen LogP contribution in [0.2, 0.25) is 0 Å². The van der Waals surface area contributed by atoms with Gasteiger partial charge in [-0.05, 0) is 48.6 Å². The summed E-state index contributed by atoms with van der Waals surface area (Å²) in [5, 5.41) is 3.55. The van der Waals surface area contributed by atoms with E-state index in [-0.39, 0.29) is 0 Å². The Labute approximate surface area is 129 Å². The Bertz CT molecular complexity index is 579. The highest BCUT2D eigenvalue weighted by Crippen LogP contribution is 2.38. The van der Waals surface area contributed by atoms with E-state index < -0.39 is 0 Å². The van der Waals surface area contributed by atoms with Gasteiger partial charge in [0.05, 0.1) is 0 Å². The van der Waals surface area contributed by atoms with Gasteiger partial charge in [0.25, 0.3) is 0 Å². The van der Waals surface area contributed by atoms with Crippen LogP contribution in [-0.2, 0) is 0 Å². The molecule has 1 fully saturated rings. The fraction of sp³-hybridized carbons (Fsp3) is 0.333. The number of nitrogens with one attached hydrogen (secondary N) is 1. The van der Waals surface area contributed by atoms with E-state index in [1.54, 1.807) is 0 Å². The molecule has 3 rings (SSSR count). The van der Waals surface area contributed by atoms with E-state index in [4.69, 9.17) is 0 Å². The molecule has 1 nitrogen and oxygen atoms in total. The molecule has 20 heavy (non-hydrogen) atoms. The van der Waals surface area contributed by atoms with E-state index in [0.29, 0.717) is 11.8 Å². The highest BCUT2D eigenvalue weighted by molar-refractivity contribution is 9.10. The van der Waals surface area contributed by atoms with Crippen LogP contribution in [0.25, 0.3) is 0 Å². The summed E-state index contributed by atoms with van der Waals surface area (Å²) in [5.74, 6) is 1.18. The van der Waals surface area contributed by atoms with Crippen LogP contribution in [-0.4, -0.2) is 13.1 Å². The molecular formula is C18H20BrN. The lowest BCUT2D eigenvalue weighted by Crippen LogP contribution is -2.34. The van der Waals surface area contributed by atoms with E-state index in [1.165, 1.54) is 27.6 Å². The fourth-order valence-corrected chi connectivity index (χ4v) is 3.54. The van der Waals surface area contributed by atoms with Gasteiger partial charge in [0.15, 0.2) is 0 Å². The first kappa shape index (κ1) is 13.8. The molecule has 2 unspecified atom stereocenters. The van der Waals surface area contributed by atoms with Gasteiger partial charge in [-0.3, -0.25) is 0 Å². The monoisotopic (exact) mass is 329 g/mol. The number of hydrogen-bond acceptors (Lipinski definition) is 1. The number of halogens is 1. The van der Waals surface area contributed by atoms with Crippen LogP contribution in [0.4, 0.5) is 0 Å². The first-order chi connectivity index (χ1) is 9.75. The lowest BCUT2D eigenvalue weighted by Gasteiger charge is -2.33. The summed E-state index contributed by atoms with van der Waals surface area (Å²) in [6.07, 6.45) is 1.20. The summed E-state index contributed by atoms with van der Waals surface area (Å²) in [5.41, 5.74) is 4.21. The second kappa shape index (κ2) is 6.11. The smallest absolute Gasteiger partial charge is 0.0207 e. The topological polar surface area (TPSA) is 12.0 Å². The van der Waals surface area contributed by atoms with Gasteiger partial charge in [-0.2, -0.15) is 0 Å². The Morgan fingerprint density at radius 3 is 2.55 bits per heavy atom. The van der Waals surface area contributed by atoms with Crippen molar-refractivity contribution in [1.82, 2.24) is 5.32 Å². The van der Waals surface area contributed by atoms with Crippen LogP contribution < -0.4 is 5.32 Å². The minimum Gasteiger partial charge on any atom is -0.316 e. The lowest BCUT2D eigenvalue weighted by molar-refractivity contribution is 0.404. The Balaban J connectivity index is 1.94. The highest BCUT2D eigenvalue weighted by Gasteiger charge is 2.27. The van der Waals surface area contributed by atoms with E-state index in [1.807, 2.05) is 0 Å². The summed E-state index contributed by atoms with van der Waals surface area (Å²) < 4.78 is 1.22. The molecule has 0 aromatic heterocycles. The van der Waals surface area contributed by atoms with Crippen molar-refractivity contribution in [3.8, 4) is 0 Å². The molecule has 0 bridgehead atoms. The number of benzene rings is 2. The van der Waals surface area contributed by atoms with Crippen LogP contribution in [0.5, 0.6) is 0 Å². The highest BCUT2D eigenvalue weighted by atomic mass is 79.9. The van der Waals surface area contributed by atoms with E-state index >= 15 is 0 Å². The summed E-state index contributed by atoms with van der Waals surface area (Å²) in [4.78, 5) is 0. The Morgan fingerprint density at radius 1 is 1.00 bits per heavy atom. The molecule has 2 aromatic carbocycles. The molecule has 1 N–H and O–H groups in total. The first-order valence-electron chi connectivity index (χ1n) is 7.27. The third-order valence-corrected chi connectivity index (χ3v) is 5.19. The summed E-state index contributed by atoms with van der Waals surface area (Å²) in [7, 11) is 0. The third kappa shape index (κ3) is 2.82. The molecule has 0 amide bonds. The Kier molecular flexibility index (Phi) is 4.23. The van der Waals surface area contributed by atoms with Gasteiger partial charge in [0.2, 0.25) is 0 Å². The molecule has 0 aliphatic carbocycles. The number of hydrogen-bond donors (Lipinski definition) is 1. The zero-order valence-corrected chi connectivity index (χ0v) is 13.4. The Morgan fingerprint density at radius 2 is 1.80 bits per heavy atom. The van der Waals surface area contributed by atoms with Crippen LogP contribution in [0.1, 0.15) is 34.9 Å². The van der Waals surface area contributed by atoms with Crippen LogP contribution in [0.3, 0.4) is 0 Å². The number of aryl methyl sites for hydroxylation is 1. The van der Waals surface area contributed by atoms with Crippen LogP contribution >= 0.6 is 15.9 Å². The average molecular weight is 330 g/mol. The van der Waals surface area contributed by atoms with Crippen molar-refractivity contribution in [3.63, 3.8) is 0 Å². The molecule has 1 aliphatic rings. The maximum Gasteiger partial charge on any atom is 0.0207 e. The molecule has 2 aromatic rings. The standard InChI is InChI=1S/C18H20BrN/c1-13-7-8-15(11-18(13)19)16-9-10-20-12-17(16)14-5-3-2-4-6-14/h2-8,11,16-17,20H,9-10,12H2,1H3. The van der Waals surface area contributed by atoms with Gasteiger partial charge < -0.3 is 5.32 Å². The zero-order chi connectivity index (χ0) is 13.9. The molecule has 0 radical (unpaired) electrons. The second-order valence-electron chi connectivity index (χ2n) is 5.63. The molecule has 2 heteroatoms. The van der Waals surface area contributed by atoms with Crippen molar-refractivity contribution in [1.29, 1.82) is 0 Å². The van der Waals surface area contributed by atoms with E-state index in [0.717, 1.165) is 13.1 Å². The van der Waals surface area contributed by atoms with Crippen molar-refractivity contribution in [2.24, 2.45) is 0 Å². The van der Waals surface area contributed by atoms with Gasteiger partial charge in [-0.1, -0.05) is 58.4 Å². The van der Waals surface area contributed by atoms with Crippen LogP contribution in [0, 0.1) is 6.92 Å². The van der Waals surface area contributed by atoms with Crippen LogP contribution in [0.15, 0.2) is 53.0 Å². The maximum atomic E-state index is 3.67. The largest absolute Gasteiger partial charge is 0.316 e. The minimum atomic E-state index is 0.569. The molecule has 1 heterocycles. The molecular weight excluding hydrogens is 310 g/mol. The second-order valence-corrected chi connectivity index (χ2v) is 6.48. The van der Waals surface area contributed by atoms with Gasteiger partial charge in [-0.25, -0.2) is 0 Å². The first-order valence-corrected chi connectivity index (χ1v) is 8.06. The van der Waals surface area contributed by atoms with E-state index in [9.17, 15) is 0 Å². The molecule has 0 saturated carbocycles. The SMILES string of the molecule is Cc1ccc(C2CCNCC2c2ccccc2)cc1Br. The average Bonchev–Trinajstić information content (AvgIpc) is 2.51. The van der Waals surface area contributed by atoms with Crippen molar-refractivity contribution < 1.29 is 0 Å². The fourth-order valence-electron chi connectivity index (χ4n) is 3.15. The van der Waals surface area contributed by atoms with Gasteiger partial charge in [-0.15, -0.1) is 0 Å². The quantitative estimate of drug-likeness (QED) is 0.847. The molecule has 2 atom stereocenters. The lowest BCUT2D eigenvalue weighted by atomic mass is 9.77. The van der Waals surface area contributed by atoms with Gasteiger partial charge >= 0.3 is 0 Å². The zero-order valence-electron chi connectivity index (χ0n) is 11.8. The van der Waals surface area contributed by atoms with Crippen molar-refractivity contribution in [2.75, 3.05) is 13.1 Å². The maximum absolute atomic E-state index is 3.67. The Hall–Kier alpha value is -1.12. The predicted molar refractivity (Wildman–Crippen MR) is 88.3 cm³/mol. The van der Waals surface area contributed by atoms with Crippen molar-refractivity contribution in [3.05, 3.63) is 69.7 Å². The molecule has 104 valence electrons. The predicted octanol–water partition coefficient (Wildman–Crippen LogP) is 4.62. The summed E-state index contributed by atoms with van der Waals surface area (Å²) in [6.45, 7) is 4.32. The molecule has 0 spiro atoms. The van der Waals surface area contributed by atoms with Crippen molar-refractivity contribution in [2.45, 2.75) is 25.2 Å². The number of piperidine rings is 1.